The van der Waals surface area contributed by atoms with Gasteiger partial charge in [-0.15, -0.1) is 11.8 Å². The third-order valence-electron chi connectivity index (χ3n) is 8.89. The molecule has 0 bridgehead atoms. The van der Waals surface area contributed by atoms with Crippen LogP contribution in [0, 0.1) is 6.92 Å². The van der Waals surface area contributed by atoms with Crippen molar-refractivity contribution in [2.45, 2.75) is 127 Å². The largest absolute Gasteiger partial charge is 0.433 e. The van der Waals surface area contributed by atoms with Crippen LogP contribution in [0.5, 0.6) is 0 Å². The maximum absolute atomic E-state index is 14.5. The van der Waals surface area contributed by atoms with Gasteiger partial charge in [0.15, 0.2) is 17.5 Å². The van der Waals surface area contributed by atoms with Crippen molar-refractivity contribution < 1.29 is 32.3 Å². The lowest BCUT2D eigenvalue weighted by atomic mass is 10.1. The van der Waals surface area contributed by atoms with E-state index in [1.165, 1.54) is 45.2 Å². The molecule has 4 rings (SSSR count). The van der Waals surface area contributed by atoms with Gasteiger partial charge in [-0.2, -0.15) is 0 Å². The second kappa shape index (κ2) is 18.9. The summed E-state index contributed by atoms with van der Waals surface area (Å²) in [5.74, 6) is -0.971. The summed E-state index contributed by atoms with van der Waals surface area (Å²) in [6, 6.07) is 10.2. The van der Waals surface area contributed by atoms with Crippen molar-refractivity contribution >= 4 is 56.9 Å². The number of para-hydroxylation sites is 1. The van der Waals surface area contributed by atoms with Gasteiger partial charge in [0.05, 0.1) is 11.4 Å². The zero-order chi connectivity index (χ0) is 37.0. The van der Waals surface area contributed by atoms with Crippen LogP contribution < -0.4 is 5.32 Å². The number of hydrogen-bond donors (Lipinski definition) is 1. The Hall–Kier alpha value is -3.42. The number of ether oxygens (including phenoxy) is 2. The molecule has 0 spiro atoms. The summed E-state index contributed by atoms with van der Waals surface area (Å²) in [6.07, 6.45) is 10.4. The lowest BCUT2D eigenvalue weighted by Crippen LogP contribution is -2.59. The maximum atomic E-state index is 14.5. The van der Waals surface area contributed by atoms with Crippen molar-refractivity contribution in [1.82, 2.24) is 9.21 Å². The Bertz CT molecular complexity index is 1660. The summed E-state index contributed by atoms with van der Waals surface area (Å²) >= 11 is 1.61. The Morgan fingerprint density at radius 2 is 1.61 bits per heavy atom. The van der Waals surface area contributed by atoms with Crippen LogP contribution >= 0.6 is 11.8 Å². The number of anilines is 1. The molecule has 1 saturated heterocycles. The van der Waals surface area contributed by atoms with Crippen molar-refractivity contribution in [3.8, 4) is 0 Å². The molecule has 2 heterocycles. The Morgan fingerprint density at radius 3 is 2.31 bits per heavy atom. The van der Waals surface area contributed by atoms with Crippen LogP contribution in [0.1, 0.15) is 104 Å². The van der Waals surface area contributed by atoms with Crippen molar-refractivity contribution in [3.63, 3.8) is 0 Å². The molecular formula is C38H54N4O7S2. The first-order chi connectivity index (χ1) is 24.4. The van der Waals surface area contributed by atoms with Crippen LogP contribution in [0.4, 0.5) is 16.2 Å². The minimum Gasteiger partial charge on any atom is -0.433 e. The van der Waals surface area contributed by atoms with E-state index in [4.69, 9.17) is 9.47 Å². The zero-order valence-electron chi connectivity index (χ0n) is 30.7. The van der Waals surface area contributed by atoms with Crippen molar-refractivity contribution in [2.75, 3.05) is 30.8 Å². The number of hydrogen-bond acceptors (Lipinski definition) is 9. The predicted molar refractivity (Wildman–Crippen MR) is 202 cm³/mol. The third-order valence-corrected chi connectivity index (χ3v) is 11.9. The lowest BCUT2D eigenvalue weighted by molar-refractivity contribution is -0.137. The maximum Gasteiger partial charge on any atom is 0.418 e. The molecular weight excluding hydrogens is 689 g/mol. The molecule has 1 fully saturated rings. The first-order valence-corrected chi connectivity index (χ1v) is 20.7. The highest BCUT2D eigenvalue weighted by Gasteiger charge is 2.55. The van der Waals surface area contributed by atoms with E-state index in [-0.39, 0.29) is 29.6 Å². The van der Waals surface area contributed by atoms with Crippen molar-refractivity contribution in [1.29, 1.82) is 0 Å². The quantitative estimate of drug-likeness (QED) is 0.0999. The molecule has 11 nitrogen and oxygen atoms in total. The van der Waals surface area contributed by atoms with Crippen LogP contribution in [0.15, 0.2) is 57.2 Å². The predicted octanol–water partition coefficient (Wildman–Crippen LogP) is 8.23. The number of fused-ring (bicyclic) bond motifs is 1. The number of aryl methyl sites for hydroxylation is 1. The van der Waals surface area contributed by atoms with Gasteiger partial charge in [0, 0.05) is 24.7 Å². The van der Waals surface area contributed by atoms with Crippen LogP contribution in [0.3, 0.4) is 0 Å². The molecule has 2 aliphatic rings. The lowest BCUT2D eigenvalue weighted by Gasteiger charge is -2.35. The molecule has 51 heavy (non-hydrogen) atoms. The van der Waals surface area contributed by atoms with Crippen LogP contribution in [-0.2, 0) is 29.1 Å². The molecule has 0 aromatic heterocycles. The summed E-state index contributed by atoms with van der Waals surface area (Å²) in [5, 5.41) is 2.94. The second-order valence-corrected chi connectivity index (χ2v) is 16.6. The van der Waals surface area contributed by atoms with Gasteiger partial charge < -0.3 is 14.8 Å². The fourth-order valence-corrected chi connectivity index (χ4v) is 8.67. The minimum atomic E-state index is -4.25. The van der Waals surface area contributed by atoms with E-state index in [0.717, 1.165) is 65.5 Å². The average molecular weight is 743 g/mol. The van der Waals surface area contributed by atoms with Crippen molar-refractivity contribution in [3.05, 3.63) is 48.0 Å². The zero-order valence-corrected chi connectivity index (χ0v) is 32.4. The number of imide groups is 1. The van der Waals surface area contributed by atoms with Gasteiger partial charge in [0.1, 0.15) is 4.90 Å². The Balaban J connectivity index is 1.66. The molecule has 3 amide bonds. The number of cyclic esters (lactones) is 1. The van der Waals surface area contributed by atoms with Gasteiger partial charge in [-0.25, -0.2) is 23.1 Å². The molecule has 2 aliphatic heterocycles. The normalized spacial score (nSPS) is 16.8. The monoisotopic (exact) mass is 742 g/mol. The van der Waals surface area contributed by atoms with Crippen molar-refractivity contribution in [2.24, 2.45) is 4.99 Å². The number of carbonyl (C=O) groups is 3. The topological polar surface area (TPSA) is 135 Å². The molecule has 1 atom stereocenters. The summed E-state index contributed by atoms with van der Waals surface area (Å²) in [6.45, 7) is 9.87. The highest BCUT2D eigenvalue weighted by atomic mass is 32.2. The van der Waals surface area contributed by atoms with E-state index < -0.39 is 39.6 Å². The number of rotatable bonds is 21. The van der Waals surface area contributed by atoms with Crippen LogP contribution in [0.2, 0.25) is 0 Å². The molecule has 0 aliphatic carbocycles. The molecule has 13 heteroatoms. The van der Waals surface area contributed by atoms with E-state index in [1.54, 1.807) is 23.9 Å². The number of aliphatic imine (C=N–C) groups is 1. The van der Waals surface area contributed by atoms with E-state index in [2.05, 4.69) is 24.2 Å². The molecule has 2 aromatic carbocycles. The molecule has 0 radical (unpaired) electrons. The number of benzene rings is 2. The van der Waals surface area contributed by atoms with E-state index in [9.17, 15) is 22.8 Å². The smallest absolute Gasteiger partial charge is 0.418 e. The SMILES string of the molecule is CCCCCCCCOCCCN1C(C(C(=O)Nc2cc(C)ccc2SCCCCCC)N2C(=O)OC(C)(C)C2=O)=Nc2ccccc2S1(=O)=O. The Labute approximate surface area is 308 Å². The van der Waals surface area contributed by atoms with Gasteiger partial charge in [0.2, 0.25) is 0 Å². The Morgan fingerprint density at radius 1 is 0.941 bits per heavy atom. The summed E-state index contributed by atoms with van der Waals surface area (Å²) in [5.41, 5.74) is -0.0678. The molecule has 0 saturated carbocycles. The second-order valence-electron chi connectivity index (χ2n) is 13.6. The number of nitrogens with one attached hydrogen (secondary N) is 1. The first kappa shape index (κ1) is 40.4. The number of unbranched alkanes of at least 4 members (excludes halogenated alkanes) is 8. The summed E-state index contributed by atoms with van der Waals surface area (Å²) in [4.78, 5) is 47.9. The highest BCUT2D eigenvalue weighted by Crippen LogP contribution is 2.36. The number of thioether (sulfide) groups is 1. The average Bonchev–Trinajstić information content (AvgIpc) is 3.29. The van der Waals surface area contributed by atoms with Gasteiger partial charge >= 0.3 is 6.09 Å². The third kappa shape index (κ3) is 10.3. The highest BCUT2D eigenvalue weighted by molar-refractivity contribution is 7.99. The van der Waals surface area contributed by atoms with Crippen LogP contribution in [0.25, 0.3) is 0 Å². The van der Waals surface area contributed by atoms with Gasteiger partial charge in [-0.05, 0) is 75.6 Å². The van der Waals surface area contributed by atoms with E-state index in [1.807, 2.05) is 25.1 Å². The number of nitrogens with zero attached hydrogens (tertiary/aromatic N) is 3. The number of carbonyl (C=O) groups excluding carboxylic acids is 3. The standard InChI is InChI=1S/C38H54N4O7S2/c1-6-8-10-12-13-16-24-48-25-18-23-41-34(39-29-19-14-15-20-32(29)51(41,46)47)33(42-36(44)38(4,5)49-37(42)45)35(43)40-30-27-28(3)21-22-31(30)50-26-17-11-9-7-2/h14-15,19-22,27,33H,6-13,16-18,23-26H2,1-5H3,(H,40,43). The number of sulfonamides is 1. The first-order valence-electron chi connectivity index (χ1n) is 18.3. The van der Waals surface area contributed by atoms with Gasteiger partial charge in [-0.3, -0.25) is 13.9 Å². The molecule has 1 unspecified atom stereocenters. The molecule has 1 N–H and O–H groups in total. The van der Waals surface area contributed by atoms with E-state index >= 15 is 0 Å². The Kier molecular flexibility index (Phi) is 14.9. The fraction of sp³-hybridized carbons (Fsp3) is 0.579. The number of amidine groups is 1. The molecule has 2 aromatic rings. The fourth-order valence-electron chi connectivity index (χ4n) is 6.05. The van der Waals surface area contributed by atoms with Gasteiger partial charge in [0.25, 0.3) is 21.8 Å². The minimum absolute atomic E-state index is 0.0306. The molecule has 280 valence electrons. The van der Waals surface area contributed by atoms with Crippen LogP contribution in [-0.4, -0.2) is 78.5 Å². The van der Waals surface area contributed by atoms with Gasteiger partial charge in [-0.1, -0.05) is 83.4 Å². The van der Waals surface area contributed by atoms with E-state index in [0.29, 0.717) is 23.6 Å². The number of amides is 3. The summed E-state index contributed by atoms with van der Waals surface area (Å²) in [7, 11) is -4.25. The summed E-state index contributed by atoms with van der Waals surface area (Å²) < 4.78 is 40.8.